The van der Waals surface area contributed by atoms with E-state index in [2.05, 4.69) is 20.4 Å². The first kappa shape index (κ1) is 12.6. The van der Waals surface area contributed by atoms with E-state index in [1.54, 1.807) is 7.11 Å². The summed E-state index contributed by atoms with van der Waals surface area (Å²) in [6.07, 6.45) is 0.706. The molecule has 0 atom stereocenters. The molecule has 0 amide bonds. The molecule has 5 nitrogen and oxygen atoms in total. The van der Waals surface area contributed by atoms with Crippen molar-refractivity contribution in [3.63, 3.8) is 0 Å². The Morgan fingerprint density at radius 2 is 1.85 bits per heavy atom. The van der Waals surface area contributed by atoms with E-state index in [0.717, 1.165) is 39.3 Å². The van der Waals surface area contributed by atoms with Crippen LogP contribution in [-0.2, 0) is 6.42 Å². The number of nitrogens with one attached hydrogen (secondary N) is 1. The highest BCUT2D eigenvalue weighted by atomic mass is 16.5. The van der Waals surface area contributed by atoms with E-state index in [0.29, 0.717) is 6.42 Å². The molecule has 102 valence electrons. The number of nitrogens with zero attached hydrogens (tertiary/aromatic N) is 3. The second kappa shape index (κ2) is 4.92. The number of methoxy groups -OCH3 is 1. The number of aromatic amines is 1. The summed E-state index contributed by atoms with van der Waals surface area (Å²) in [5.74, 6) is 0.851. The number of benzene rings is 1. The van der Waals surface area contributed by atoms with Crippen LogP contribution in [-0.4, -0.2) is 27.5 Å². The highest BCUT2D eigenvalue weighted by Crippen LogP contribution is 2.22. The molecule has 0 unspecified atom stereocenters. The van der Waals surface area contributed by atoms with E-state index in [1.807, 2.05) is 38.1 Å². The van der Waals surface area contributed by atoms with Crippen LogP contribution in [0.3, 0.4) is 0 Å². The Morgan fingerprint density at radius 1 is 1.10 bits per heavy atom. The summed E-state index contributed by atoms with van der Waals surface area (Å²) >= 11 is 0. The summed E-state index contributed by atoms with van der Waals surface area (Å²) in [6.45, 7) is 3.95. The van der Waals surface area contributed by atoms with Crippen LogP contribution in [0.15, 0.2) is 24.3 Å². The Morgan fingerprint density at radius 3 is 2.55 bits per heavy atom. The van der Waals surface area contributed by atoms with Gasteiger partial charge in [-0.15, -0.1) is 0 Å². The molecule has 0 aliphatic heterocycles. The van der Waals surface area contributed by atoms with Gasteiger partial charge in [0.2, 0.25) is 0 Å². The van der Waals surface area contributed by atoms with Crippen LogP contribution >= 0.6 is 0 Å². The zero-order chi connectivity index (χ0) is 14.1. The van der Waals surface area contributed by atoms with Crippen LogP contribution in [0.2, 0.25) is 0 Å². The smallest absolute Gasteiger partial charge is 0.118 e. The lowest BCUT2D eigenvalue weighted by atomic mass is 10.1. The van der Waals surface area contributed by atoms with E-state index < -0.39 is 0 Å². The topological polar surface area (TPSA) is 63.7 Å². The molecule has 1 aromatic carbocycles. The monoisotopic (exact) mass is 268 g/mol. The van der Waals surface area contributed by atoms with Gasteiger partial charge in [0.25, 0.3) is 0 Å². The van der Waals surface area contributed by atoms with E-state index in [4.69, 9.17) is 4.74 Å². The summed E-state index contributed by atoms with van der Waals surface area (Å²) in [6, 6.07) is 7.96. The maximum Gasteiger partial charge on any atom is 0.118 e. The van der Waals surface area contributed by atoms with Crippen molar-refractivity contribution >= 4 is 10.9 Å². The maximum absolute atomic E-state index is 5.16. The number of hydrogen-bond acceptors (Lipinski definition) is 4. The minimum absolute atomic E-state index is 0.706. The molecule has 0 aliphatic carbocycles. The second-order valence-electron chi connectivity index (χ2n) is 4.83. The number of fused-ring (bicyclic) bond motifs is 1. The molecule has 0 fully saturated rings. The SMILES string of the molecule is COc1ccc(Cc2nnc(C)c3c(C)[nH]nc23)cc1. The Labute approximate surface area is 117 Å². The van der Waals surface area contributed by atoms with Gasteiger partial charge < -0.3 is 4.74 Å². The third kappa shape index (κ3) is 2.11. The van der Waals surface area contributed by atoms with Gasteiger partial charge in [0.1, 0.15) is 11.3 Å². The first-order valence-corrected chi connectivity index (χ1v) is 6.49. The molecule has 0 bridgehead atoms. The molecule has 0 saturated heterocycles. The zero-order valence-electron chi connectivity index (χ0n) is 11.8. The minimum atomic E-state index is 0.706. The van der Waals surface area contributed by atoms with Crippen LogP contribution in [0.1, 0.15) is 22.6 Å². The molecule has 0 saturated carbocycles. The zero-order valence-corrected chi connectivity index (χ0v) is 11.8. The highest BCUT2D eigenvalue weighted by Gasteiger charge is 2.12. The van der Waals surface area contributed by atoms with Gasteiger partial charge in [-0.05, 0) is 31.5 Å². The van der Waals surface area contributed by atoms with E-state index in [-0.39, 0.29) is 0 Å². The van der Waals surface area contributed by atoms with Crippen molar-refractivity contribution in [1.82, 2.24) is 20.4 Å². The molecule has 2 heterocycles. The average Bonchev–Trinajstić information content (AvgIpc) is 2.86. The minimum Gasteiger partial charge on any atom is -0.497 e. The van der Waals surface area contributed by atoms with Crippen LogP contribution < -0.4 is 4.74 Å². The number of hydrogen-bond donors (Lipinski definition) is 1. The molecule has 3 rings (SSSR count). The van der Waals surface area contributed by atoms with Crippen LogP contribution in [0, 0.1) is 13.8 Å². The van der Waals surface area contributed by atoms with E-state index in [1.165, 1.54) is 0 Å². The fourth-order valence-corrected chi connectivity index (χ4v) is 2.37. The fraction of sp³-hybridized carbons (Fsp3) is 0.267. The highest BCUT2D eigenvalue weighted by molar-refractivity contribution is 5.85. The molecule has 5 heteroatoms. The van der Waals surface area contributed by atoms with Gasteiger partial charge >= 0.3 is 0 Å². The standard InChI is InChI=1S/C15H16N4O/c1-9-14-10(2)17-19-15(14)13(18-16-9)8-11-4-6-12(20-3)7-5-11/h4-7H,8H2,1-3H3,(H,17,19). The van der Waals surface area contributed by atoms with Crippen molar-refractivity contribution < 1.29 is 4.74 Å². The van der Waals surface area contributed by atoms with Crippen molar-refractivity contribution in [2.75, 3.05) is 7.11 Å². The second-order valence-corrected chi connectivity index (χ2v) is 4.83. The number of ether oxygens (including phenoxy) is 1. The predicted molar refractivity (Wildman–Crippen MR) is 77.0 cm³/mol. The third-order valence-electron chi connectivity index (χ3n) is 3.43. The maximum atomic E-state index is 5.16. The molecule has 2 aromatic heterocycles. The summed E-state index contributed by atoms with van der Waals surface area (Å²) in [5, 5.41) is 17.0. The van der Waals surface area contributed by atoms with Gasteiger partial charge in [-0.25, -0.2) is 0 Å². The number of aryl methyl sites for hydroxylation is 2. The number of rotatable bonds is 3. The first-order valence-electron chi connectivity index (χ1n) is 6.49. The largest absolute Gasteiger partial charge is 0.497 e. The Bertz CT molecular complexity index is 746. The normalized spacial score (nSPS) is 10.9. The van der Waals surface area contributed by atoms with Crippen molar-refractivity contribution in [2.45, 2.75) is 20.3 Å². The quantitative estimate of drug-likeness (QED) is 0.793. The summed E-state index contributed by atoms with van der Waals surface area (Å²) < 4.78 is 5.16. The molecule has 20 heavy (non-hydrogen) atoms. The Hall–Kier alpha value is -2.43. The fourth-order valence-electron chi connectivity index (χ4n) is 2.37. The van der Waals surface area contributed by atoms with Crippen molar-refractivity contribution in [3.05, 3.63) is 46.9 Å². The van der Waals surface area contributed by atoms with Gasteiger partial charge in [-0.1, -0.05) is 12.1 Å². The van der Waals surface area contributed by atoms with Crippen LogP contribution in [0.4, 0.5) is 0 Å². The summed E-state index contributed by atoms with van der Waals surface area (Å²) in [5.41, 5.74) is 4.89. The molecular formula is C15H16N4O. The lowest BCUT2D eigenvalue weighted by molar-refractivity contribution is 0.414. The molecule has 3 aromatic rings. The number of H-pyrrole nitrogens is 1. The lowest BCUT2D eigenvalue weighted by Gasteiger charge is -2.04. The van der Waals surface area contributed by atoms with E-state index >= 15 is 0 Å². The van der Waals surface area contributed by atoms with Crippen LogP contribution in [0.25, 0.3) is 10.9 Å². The summed E-state index contributed by atoms with van der Waals surface area (Å²) in [7, 11) is 1.66. The Kier molecular flexibility index (Phi) is 3.10. The van der Waals surface area contributed by atoms with E-state index in [9.17, 15) is 0 Å². The van der Waals surface area contributed by atoms with Crippen molar-refractivity contribution in [3.8, 4) is 5.75 Å². The van der Waals surface area contributed by atoms with Crippen molar-refractivity contribution in [2.24, 2.45) is 0 Å². The van der Waals surface area contributed by atoms with Gasteiger partial charge in [-0.2, -0.15) is 15.3 Å². The molecule has 0 radical (unpaired) electrons. The third-order valence-corrected chi connectivity index (χ3v) is 3.43. The lowest BCUT2D eigenvalue weighted by Crippen LogP contribution is -1.99. The Balaban J connectivity index is 2.00. The predicted octanol–water partition coefficient (Wildman–Crippen LogP) is 2.57. The van der Waals surface area contributed by atoms with Gasteiger partial charge in [0, 0.05) is 17.5 Å². The average molecular weight is 268 g/mol. The molecule has 1 N–H and O–H groups in total. The molecule has 0 aliphatic rings. The van der Waals surface area contributed by atoms with Crippen molar-refractivity contribution in [1.29, 1.82) is 0 Å². The number of aromatic nitrogens is 4. The molecular weight excluding hydrogens is 252 g/mol. The van der Waals surface area contributed by atoms with Gasteiger partial charge in [-0.3, -0.25) is 5.10 Å². The first-order chi connectivity index (χ1) is 9.69. The molecule has 0 spiro atoms. The summed E-state index contributed by atoms with van der Waals surface area (Å²) in [4.78, 5) is 0. The van der Waals surface area contributed by atoms with Gasteiger partial charge in [0.15, 0.2) is 0 Å². The van der Waals surface area contributed by atoms with Gasteiger partial charge in [0.05, 0.1) is 18.5 Å². The van der Waals surface area contributed by atoms with Crippen LogP contribution in [0.5, 0.6) is 5.75 Å².